The monoisotopic (exact) mass is 339 g/mol. The Kier molecular flexibility index (Phi) is 5.64. The number of benzene rings is 1. The minimum atomic E-state index is -4.57. The van der Waals surface area contributed by atoms with Gasteiger partial charge in [0.05, 0.1) is 31.1 Å². The summed E-state index contributed by atoms with van der Waals surface area (Å²) < 4.78 is 64.7. The molecule has 0 unspecified atom stereocenters. The van der Waals surface area contributed by atoms with Gasteiger partial charge in [0.25, 0.3) is 0 Å². The summed E-state index contributed by atoms with van der Waals surface area (Å²) in [6.45, 7) is 4.66. The summed E-state index contributed by atoms with van der Waals surface area (Å²) in [5, 5.41) is 0. The molecule has 0 radical (unpaired) electrons. The first-order valence-corrected chi connectivity index (χ1v) is 8.28. The number of hydrogen-bond acceptors (Lipinski definition) is 2. The lowest BCUT2D eigenvalue weighted by molar-refractivity contribution is -0.865. The molecule has 0 bridgehead atoms. The van der Waals surface area contributed by atoms with Crippen LogP contribution in [0.3, 0.4) is 0 Å². The van der Waals surface area contributed by atoms with Gasteiger partial charge in [0.15, 0.2) is 0 Å². The lowest BCUT2D eigenvalue weighted by Crippen LogP contribution is -3.07. The first-order valence-electron chi connectivity index (χ1n) is 6.79. The molecule has 0 aliphatic heterocycles. The second-order valence-corrected chi connectivity index (χ2v) is 8.17. The van der Waals surface area contributed by atoms with Crippen molar-refractivity contribution in [2.45, 2.75) is 24.9 Å². The molecule has 0 aliphatic carbocycles. The largest absolute Gasteiger partial charge is 0.416 e. The Morgan fingerprint density at radius 2 is 1.77 bits per heavy atom. The molecule has 0 atom stereocenters. The number of sulfonamides is 1. The van der Waals surface area contributed by atoms with E-state index < -0.39 is 21.8 Å². The molecule has 8 heteroatoms. The average Bonchev–Trinajstić information content (AvgIpc) is 2.34. The van der Waals surface area contributed by atoms with Crippen molar-refractivity contribution in [3.05, 3.63) is 29.8 Å². The van der Waals surface area contributed by atoms with Crippen molar-refractivity contribution < 1.29 is 26.5 Å². The lowest BCUT2D eigenvalue weighted by atomic mass is 9.93. The number of nitrogens with one attached hydrogen (secondary N) is 2. The van der Waals surface area contributed by atoms with Gasteiger partial charge in [-0.3, -0.25) is 0 Å². The number of rotatable bonds is 6. The van der Waals surface area contributed by atoms with Gasteiger partial charge in [-0.15, -0.1) is 0 Å². The van der Waals surface area contributed by atoms with Gasteiger partial charge in [-0.1, -0.05) is 19.9 Å². The third-order valence-corrected chi connectivity index (χ3v) is 4.44. The van der Waals surface area contributed by atoms with Crippen LogP contribution in [0.1, 0.15) is 19.4 Å². The second-order valence-electron chi connectivity index (χ2n) is 6.40. The molecule has 0 amide bonds. The van der Waals surface area contributed by atoms with Gasteiger partial charge in [-0.2, -0.15) is 13.2 Å². The molecule has 1 aromatic rings. The van der Waals surface area contributed by atoms with Gasteiger partial charge in [0, 0.05) is 12.0 Å². The number of alkyl halides is 3. The van der Waals surface area contributed by atoms with Crippen LogP contribution in [-0.2, 0) is 16.2 Å². The van der Waals surface area contributed by atoms with Crippen LogP contribution in [0.5, 0.6) is 0 Å². The highest BCUT2D eigenvalue weighted by Crippen LogP contribution is 2.30. The highest BCUT2D eigenvalue weighted by Gasteiger charge is 2.32. The summed E-state index contributed by atoms with van der Waals surface area (Å²) >= 11 is 0. The molecule has 1 rings (SSSR count). The van der Waals surface area contributed by atoms with Crippen molar-refractivity contribution in [3.8, 4) is 0 Å². The maximum Gasteiger partial charge on any atom is 0.416 e. The molecule has 0 fully saturated rings. The summed E-state index contributed by atoms with van der Waals surface area (Å²) in [5.74, 6) is 0. The van der Waals surface area contributed by atoms with Crippen LogP contribution in [0.2, 0.25) is 0 Å². The minimum Gasteiger partial charge on any atom is -0.339 e. The third kappa shape index (κ3) is 5.58. The Morgan fingerprint density at radius 3 is 2.27 bits per heavy atom. The van der Waals surface area contributed by atoms with E-state index in [9.17, 15) is 21.6 Å². The van der Waals surface area contributed by atoms with Crippen LogP contribution in [-0.4, -0.2) is 35.6 Å². The molecule has 0 saturated heterocycles. The zero-order valence-corrected chi connectivity index (χ0v) is 13.9. The molecule has 1 aromatic carbocycles. The standard InChI is InChI=1S/C14H21F3N2O2S/c1-13(2,10-19(3)4)9-18-22(20,21)12-7-5-6-11(8-12)14(15,16)17/h5-8,18H,9-10H2,1-4H3/p+1. The zero-order chi connectivity index (χ0) is 17.2. The van der Waals surface area contributed by atoms with Gasteiger partial charge in [-0.05, 0) is 18.2 Å². The Balaban J connectivity index is 2.92. The van der Waals surface area contributed by atoms with Crippen LogP contribution in [0.25, 0.3) is 0 Å². The van der Waals surface area contributed by atoms with Crippen LogP contribution in [0, 0.1) is 5.41 Å². The molecule has 0 spiro atoms. The first kappa shape index (κ1) is 18.9. The van der Waals surface area contributed by atoms with E-state index in [1.165, 1.54) is 0 Å². The summed E-state index contributed by atoms with van der Waals surface area (Å²) in [6.07, 6.45) is -4.57. The molecule has 0 aliphatic rings. The predicted molar refractivity (Wildman–Crippen MR) is 78.1 cm³/mol. The van der Waals surface area contributed by atoms with Gasteiger partial charge in [0.1, 0.15) is 0 Å². The zero-order valence-electron chi connectivity index (χ0n) is 13.1. The molecule has 126 valence electrons. The van der Waals surface area contributed by atoms with Crippen molar-refractivity contribution in [2.24, 2.45) is 5.41 Å². The van der Waals surface area contributed by atoms with Crippen LogP contribution in [0.15, 0.2) is 29.2 Å². The van der Waals surface area contributed by atoms with E-state index in [2.05, 4.69) is 4.72 Å². The lowest BCUT2D eigenvalue weighted by Gasteiger charge is -2.26. The van der Waals surface area contributed by atoms with E-state index in [1.807, 2.05) is 27.9 Å². The Labute approximate surface area is 129 Å². The Hall–Kier alpha value is -1.12. The number of halogens is 3. The fraction of sp³-hybridized carbons (Fsp3) is 0.571. The molecule has 0 heterocycles. The van der Waals surface area contributed by atoms with E-state index >= 15 is 0 Å². The molecule has 2 N–H and O–H groups in total. The van der Waals surface area contributed by atoms with E-state index in [0.717, 1.165) is 29.6 Å². The smallest absolute Gasteiger partial charge is 0.339 e. The van der Waals surface area contributed by atoms with Crippen molar-refractivity contribution >= 4 is 10.0 Å². The van der Waals surface area contributed by atoms with E-state index in [1.54, 1.807) is 0 Å². The van der Waals surface area contributed by atoms with E-state index in [4.69, 9.17) is 0 Å². The summed E-state index contributed by atoms with van der Waals surface area (Å²) in [5.41, 5.74) is -1.29. The highest BCUT2D eigenvalue weighted by molar-refractivity contribution is 7.89. The van der Waals surface area contributed by atoms with Gasteiger partial charge in [-0.25, -0.2) is 13.1 Å². The average molecular weight is 339 g/mol. The normalized spacial score (nSPS) is 13.6. The molecular formula is C14H22F3N2O2S+. The third-order valence-electron chi connectivity index (χ3n) is 3.04. The summed E-state index contributed by atoms with van der Waals surface area (Å²) in [7, 11) is -0.0764. The number of hydrogen-bond donors (Lipinski definition) is 2. The second kappa shape index (κ2) is 6.55. The fourth-order valence-electron chi connectivity index (χ4n) is 2.23. The predicted octanol–water partition coefficient (Wildman–Crippen LogP) is 1.15. The molecule has 0 aromatic heterocycles. The van der Waals surface area contributed by atoms with Crippen molar-refractivity contribution in [1.29, 1.82) is 0 Å². The summed E-state index contributed by atoms with van der Waals surface area (Å²) in [4.78, 5) is 0.776. The quantitative estimate of drug-likeness (QED) is 0.817. The SMILES string of the molecule is C[NH+](C)CC(C)(C)CNS(=O)(=O)c1cccc(C(F)(F)F)c1. The van der Waals surface area contributed by atoms with E-state index in [-0.39, 0.29) is 16.9 Å². The molecular weight excluding hydrogens is 317 g/mol. The number of quaternary nitrogens is 1. The van der Waals surface area contributed by atoms with Crippen LogP contribution < -0.4 is 9.62 Å². The fourth-order valence-corrected chi connectivity index (χ4v) is 3.52. The first-order chi connectivity index (χ1) is 9.83. The Morgan fingerprint density at radius 1 is 1.18 bits per heavy atom. The maximum absolute atomic E-state index is 12.7. The van der Waals surface area contributed by atoms with Crippen molar-refractivity contribution in [2.75, 3.05) is 27.2 Å². The topological polar surface area (TPSA) is 50.6 Å². The minimum absolute atomic E-state index is 0.150. The van der Waals surface area contributed by atoms with Crippen LogP contribution >= 0.6 is 0 Å². The van der Waals surface area contributed by atoms with Gasteiger partial charge in [0.2, 0.25) is 10.0 Å². The van der Waals surface area contributed by atoms with Crippen molar-refractivity contribution in [3.63, 3.8) is 0 Å². The van der Waals surface area contributed by atoms with Gasteiger partial charge >= 0.3 is 6.18 Å². The van der Waals surface area contributed by atoms with E-state index in [0.29, 0.717) is 6.07 Å². The molecule has 22 heavy (non-hydrogen) atoms. The maximum atomic E-state index is 12.7. The molecule has 4 nitrogen and oxygen atoms in total. The van der Waals surface area contributed by atoms with Crippen LogP contribution in [0.4, 0.5) is 13.2 Å². The molecule has 0 saturated carbocycles. The Bertz CT molecular complexity index is 611. The highest BCUT2D eigenvalue weighted by atomic mass is 32.2. The van der Waals surface area contributed by atoms with Crippen molar-refractivity contribution in [1.82, 2.24) is 4.72 Å². The summed E-state index contributed by atoms with van der Waals surface area (Å²) in [6, 6.07) is 3.74. The van der Waals surface area contributed by atoms with Gasteiger partial charge < -0.3 is 4.90 Å².